The summed E-state index contributed by atoms with van der Waals surface area (Å²) >= 11 is 1.73. The van der Waals surface area contributed by atoms with Crippen LogP contribution >= 0.6 is 11.3 Å². The zero-order chi connectivity index (χ0) is 24.4. The van der Waals surface area contributed by atoms with Gasteiger partial charge in [-0.2, -0.15) is 0 Å². The third-order valence-electron chi connectivity index (χ3n) is 6.80. The van der Waals surface area contributed by atoms with Crippen molar-refractivity contribution in [2.75, 3.05) is 26.8 Å². The number of para-hydroxylation sites is 2. The van der Waals surface area contributed by atoms with Crippen molar-refractivity contribution in [3.63, 3.8) is 0 Å². The van der Waals surface area contributed by atoms with Crippen molar-refractivity contribution in [3.05, 3.63) is 81.5 Å². The molecular weight excluding hydrogens is 460 g/mol. The summed E-state index contributed by atoms with van der Waals surface area (Å²) in [6.07, 6.45) is 2.66. The van der Waals surface area contributed by atoms with E-state index in [1.54, 1.807) is 35.5 Å². The molecule has 0 N–H and O–H groups in total. The molecule has 0 radical (unpaired) electrons. The highest BCUT2D eigenvalue weighted by Crippen LogP contribution is 2.35. The highest BCUT2D eigenvalue weighted by molar-refractivity contribution is 7.10. The zero-order valence-corrected chi connectivity index (χ0v) is 20.9. The standard InChI is InChI=1S/C28H30N2O4S/c1-19-7-3-5-9-24(19)34-18-23-21-14-16-35-26(21)13-15-29(23)27(31)17-30(20-11-12-20)28(32)22-8-4-6-10-25(22)33-2/h3-10,14,16,20,23H,11-13,15,17-18H2,1-2H3/t23-/m1/s1. The summed E-state index contributed by atoms with van der Waals surface area (Å²) in [5.41, 5.74) is 2.71. The third kappa shape index (κ3) is 4.91. The first-order chi connectivity index (χ1) is 17.1. The van der Waals surface area contributed by atoms with Gasteiger partial charge in [-0.15, -0.1) is 11.3 Å². The zero-order valence-electron chi connectivity index (χ0n) is 20.1. The van der Waals surface area contributed by atoms with Gasteiger partial charge in [0.2, 0.25) is 5.91 Å². The molecule has 3 aromatic rings. The summed E-state index contributed by atoms with van der Waals surface area (Å²) in [4.78, 5) is 32.1. The first kappa shape index (κ1) is 23.4. The molecule has 2 aromatic carbocycles. The maximum Gasteiger partial charge on any atom is 0.258 e. The number of amides is 2. The molecule has 1 aliphatic heterocycles. The lowest BCUT2D eigenvalue weighted by molar-refractivity contribution is -0.135. The smallest absolute Gasteiger partial charge is 0.258 e. The molecule has 1 atom stereocenters. The minimum atomic E-state index is -0.181. The Hall–Kier alpha value is -3.32. The third-order valence-corrected chi connectivity index (χ3v) is 7.79. The molecule has 5 rings (SSSR count). The summed E-state index contributed by atoms with van der Waals surface area (Å²) in [6.45, 7) is 3.08. The Bertz CT molecular complexity index is 1220. The highest BCUT2D eigenvalue weighted by atomic mass is 32.1. The van der Waals surface area contributed by atoms with Crippen LogP contribution < -0.4 is 9.47 Å². The second kappa shape index (κ2) is 10.1. The Morgan fingerprint density at radius 3 is 2.54 bits per heavy atom. The summed E-state index contributed by atoms with van der Waals surface area (Å²) in [6, 6.07) is 17.1. The Balaban J connectivity index is 1.36. The van der Waals surface area contributed by atoms with Gasteiger partial charge >= 0.3 is 0 Å². The number of methoxy groups -OCH3 is 1. The average Bonchev–Trinajstić information content (AvgIpc) is 3.61. The Morgan fingerprint density at radius 1 is 1.06 bits per heavy atom. The molecule has 0 spiro atoms. The molecule has 7 heteroatoms. The van der Waals surface area contributed by atoms with Gasteiger partial charge in [0.1, 0.15) is 24.7 Å². The Labute approximate surface area is 210 Å². The second-order valence-corrected chi connectivity index (χ2v) is 10.1. The number of hydrogen-bond donors (Lipinski definition) is 0. The van der Waals surface area contributed by atoms with Crippen molar-refractivity contribution >= 4 is 23.2 Å². The van der Waals surface area contributed by atoms with Crippen LogP contribution in [0.25, 0.3) is 0 Å². The SMILES string of the molecule is COc1ccccc1C(=O)N(CC(=O)N1CCc2sccc2[C@H]1COc1ccccc1C)C1CC1. The number of carbonyl (C=O) groups is 2. The summed E-state index contributed by atoms with van der Waals surface area (Å²) in [7, 11) is 1.56. The van der Waals surface area contributed by atoms with Crippen LogP contribution in [0.3, 0.4) is 0 Å². The van der Waals surface area contributed by atoms with E-state index < -0.39 is 0 Å². The molecule has 6 nitrogen and oxygen atoms in total. The molecule has 1 aliphatic carbocycles. The fourth-order valence-corrected chi connectivity index (χ4v) is 5.66. The second-order valence-electron chi connectivity index (χ2n) is 9.09. The predicted octanol–water partition coefficient (Wildman–Crippen LogP) is 4.87. The maximum atomic E-state index is 13.7. The number of ether oxygens (including phenoxy) is 2. The van der Waals surface area contributed by atoms with Crippen LogP contribution in [-0.2, 0) is 11.2 Å². The topological polar surface area (TPSA) is 59.1 Å². The first-order valence-corrected chi connectivity index (χ1v) is 12.9. The average molecular weight is 491 g/mol. The number of fused-ring (bicyclic) bond motifs is 1. The molecule has 182 valence electrons. The minimum Gasteiger partial charge on any atom is -0.496 e. The number of carbonyl (C=O) groups excluding carboxylic acids is 2. The van der Waals surface area contributed by atoms with Gasteiger partial charge in [-0.05, 0) is 67.0 Å². The van der Waals surface area contributed by atoms with Gasteiger partial charge in [0.15, 0.2) is 0 Å². The van der Waals surface area contributed by atoms with E-state index in [0.717, 1.165) is 36.1 Å². The van der Waals surface area contributed by atoms with E-state index in [-0.39, 0.29) is 30.4 Å². The van der Waals surface area contributed by atoms with Crippen LogP contribution in [0.15, 0.2) is 60.0 Å². The largest absolute Gasteiger partial charge is 0.496 e. The lowest BCUT2D eigenvalue weighted by atomic mass is 10.00. The van der Waals surface area contributed by atoms with Crippen molar-refractivity contribution in [1.29, 1.82) is 0 Å². The molecule has 0 unspecified atom stereocenters. The van der Waals surface area contributed by atoms with Crippen LogP contribution in [0.5, 0.6) is 11.5 Å². The van der Waals surface area contributed by atoms with E-state index in [1.165, 1.54) is 4.88 Å². The van der Waals surface area contributed by atoms with Crippen LogP contribution in [0, 0.1) is 6.92 Å². The molecule has 35 heavy (non-hydrogen) atoms. The molecule has 1 aromatic heterocycles. The van der Waals surface area contributed by atoms with Crippen LogP contribution in [0.4, 0.5) is 0 Å². The van der Waals surface area contributed by atoms with Crippen molar-refractivity contribution < 1.29 is 19.1 Å². The van der Waals surface area contributed by atoms with Gasteiger partial charge in [-0.25, -0.2) is 0 Å². The lowest BCUT2D eigenvalue weighted by Crippen LogP contribution is -2.48. The summed E-state index contributed by atoms with van der Waals surface area (Å²) in [5, 5.41) is 2.08. The fourth-order valence-electron chi connectivity index (χ4n) is 4.73. The van der Waals surface area contributed by atoms with Crippen LogP contribution in [0.2, 0.25) is 0 Å². The lowest BCUT2D eigenvalue weighted by Gasteiger charge is -2.37. The van der Waals surface area contributed by atoms with Gasteiger partial charge in [0.25, 0.3) is 5.91 Å². The minimum absolute atomic E-state index is 0.0459. The van der Waals surface area contributed by atoms with Gasteiger partial charge in [0, 0.05) is 17.5 Å². The fraction of sp³-hybridized carbons (Fsp3) is 0.357. The molecule has 2 amide bonds. The number of thiophene rings is 1. The molecule has 1 fully saturated rings. The number of benzene rings is 2. The molecule has 2 heterocycles. The van der Waals surface area contributed by atoms with E-state index in [1.807, 2.05) is 48.2 Å². The highest BCUT2D eigenvalue weighted by Gasteiger charge is 2.38. The van der Waals surface area contributed by atoms with Gasteiger partial charge in [0.05, 0.1) is 18.7 Å². The molecule has 2 aliphatic rings. The van der Waals surface area contributed by atoms with Gasteiger partial charge in [-0.3, -0.25) is 9.59 Å². The number of rotatable bonds is 8. The number of aryl methyl sites for hydroxylation is 1. The number of nitrogens with zero attached hydrogens (tertiary/aromatic N) is 2. The van der Waals surface area contributed by atoms with Gasteiger partial charge in [-0.1, -0.05) is 30.3 Å². The normalized spacial score (nSPS) is 17.0. The van der Waals surface area contributed by atoms with Crippen LogP contribution in [0.1, 0.15) is 45.2 Å². The summed E-state index contributed by atoms with van der Waals surface area (Å²) < 4.78 is 11.6. The predicted molar refractivity (Wildman–Crippen MR) is 136 cm³/mol. The van der Waals surface area contributed by atoms with Crippen molar-refractivity contribution in [2.45, 2.75) is 38.3 Å². The monoisotopic (exact) mass is 490 g/mol. The van der Waals surface area contributed by atoms with Gasteiger partial charge < -0.3 is 19.3 Å². The maximum absolute atomic E-state index is 13.7. The number of hydrogen-bond acceptors (Lipinski definition) is 5. The molecule has 0 bridgehead atoms. The Morgan fingerprint density at radius 2 is 1.80 bits per heavy atom. The Kier molecular flexibility index (Phi) is 6.77. The molecule has 0 saturated heterocycles. The van der Waals surface area contributed by atoms with Crippen LogP contribution in [-0.4, -0.2) is 54.5 Å². The van der Waals surface area contributed by atoms with E-state index in [2.05, 4.69) is 11.4 Å². The van der Waals surface area contributed by atoms with Crippen molar-refractivity contribution in [3.8, 4) is 11.5 Å². The first-order valence-electron chi connectivity index (χ1n) is 12.0. The molecule has 1 saturated carbocycles. The van der Waals surface area contributed by atoms with E-state index >= 15 is 0 Å². The van der Waals surface area contributed by atoms with E-state index in [0.29, 0.717) is 24.5 Å². The van der Waals surface area contributed by atoms with E-state index in [4.69, 9.17) is 9.47 Å². The van der Waals surface area contributed by atoms with E-state index in [9.17, 15) is 9.59 Å². The molecular formula is C28H30N2O4S. The quantitative estimate of drug-likeness (QED) is 0.452. The summed E-state index contributed by atoms with van der Waals surface area (Å²) in [5.74, 6) is 1.16. The van der Waals surface area contributed by atoms with Crippen molar-refractivity contribution in [2.24, 2.45) is 0 Å². The van der Waals surface area contributed by atoms with Crippen molar-refractivity contribution in [1.82, 2.24) is 9.80 Å².